The molecule has 3 fully saturated rings. The van der Waals surface area contributed by atoms with Crippen molar-refractivity contribution in [2.24, 2.45) is 5.92 Å². The summed E-state index contributed by atoms with van der Waals surface area (Å²) in [4.78, 5) is 10.1. The van der Waals surface area contributed by atoms with Crippen molar-refractivity contribution in [3.05, 3.63) is 64.4 Å². The van der Waals surface area contributed by atoms with Crippen LogP contribution in [0.1, 0.15) is 73.9 Å². The van der Waals surface area contributed by atoms with Gasteiger partial charge in [-0.05, 0) is 108 Å². The van der Waals surface area contributed by atoms with Crippen LogP contribution in [-0.4, -0.2) is 59.2 Å². The number of fused-ring (bicyclic) bond motifs is 1. The maximum Gasteiger partial charge on any atom is 0.121 e. The number of nitrogens with one attached hydrogen (secondary N) is 1. The summed E-state index contributed by atoms with van der Waals surface area (Å²) in [5, 5.41) is 13.0. The van der Waals surface area contributed by atoms with Gasteiger partial charge in [-0.25, -0.2) is 4.98 Å². The number of rotatable bonds is 4. The summed E-state index contributed by atoms with van der Waals surface area (Å²) in [6.07, 6.45) is 9.08. The van der Waals surface area contributed by atoms with Crippen LogP contribution in [0.25, 0.3) is 5.70 Å². The minimum atomic E-state index is 0.157. The molecule has 1 aliphatic carbocycles. The van der Waals surface area contributed by atoms with Gasteiger partial charge in [0, 0.05) is 35.3 Å². The Morgan fingerprint density at radius 1 is 0.975 bits per heavy atom. The predicted molar refractivity (Wildman–Crippen MR) is 159 cm³/mol. The highest BCUT2D eigenvalue weighted by Crippen LogP contribution is 2.37. The Balaban J connectivity index is 1.01. The van der Waals surface area contributed by atoms with Crippen LogP contribution in [0.3, 0.4) is 0 Å². The fourth-order valence-electron chi connectivity index (χ4n) is 6.80. The third-order valence-electron chi connectivity index (χ3n) is 9.16. The average Bonchev–Trinajstić information content (AvgIpc) is 3.32. The van der Waals surface area contributed by atoms with E-state index in [2.05, 4.69) is 51.7 Å². The number of nitriles is 1. The molecule has 0 unspecified atom stereocenters. The minimum Gasteiger partial charge on any atom is -0.490 e. The molecule has 1 aromatic heterocycles. The first kappa shape index (κ1) is 27.2. The topological polar surface area (TPSA) is 64.4 Å². The number of halogens is 1. The van der Waals surface area contributed by atoms with E-state index < -0.39 is 0 Å². The van der Waals surface area contributed by atoms with Crippen molar-refractivity contribution in [1.29, 1.82) is 5.26 Å². The van der Waals surface area contributed by atoms with Crippen LogP contribution in [0.5, 0.6) is 5.75 Å². The summed E-state index contributed by atoms with van der Waals surface area (Å²) >= 11 is 6.18. The highest BCUT2D eigenvalue weighted by Gasteiger charge is 2.33. The van der Waals surface area contributed by atoms with Crippen LogP contribution in [0.2, 0.25) is 5.02 Å². The fourth-order valence-corrected chi connectivity index (χ4v) is 7.01. The largest absolute Gasteiger partial charge is 0.490 e. The van der Waals surface area contributed by atoms with Crippen molar-refractivity contribution in [2.45, 2.75) is 76.1 Å². The molecule has 0 radical (unpaired) electrons. The minimum absolute atomic E-state index is 0.157. The number of ether oxygens (including phenoxy) is 1. The summed E-state index contributed by atoms with van der Waals surface area (Å²) < 4.78 is 6.20. The number of likely N-dealkylation sites (tertiary alicyclic amines) is 1. The van der Waals surface area contributed by atoms with Crippen LogP contribution in [0.4, 0.5) is 0 Å². The van der Waals surface area contributed by atoms with Crippen molar-refractivity contribution < 1.29 is 4.74 Å². The molecule has 3 aliphatic heterocycles. The molecule has 7 heteroatoms. The highest BCUT2D eigenvalue weighted by atomic mass is 35.5. The van der Waals surface area contributed by atoms with Gasteiger partial charge in [0.2, 0.25) is 0 Å². The first-order valence-electron chi connectivity index (χ1n) is 14.9. The van der Waals surface area contributed by atoms with Crippen LogP contribution in [0.15, 0.2) is 36.9 Å². The third-order valence-corrected chi connectivity index (χ3v) is 9.47. The van der Waals surface area contributed by atoms with Crippen LogP contribution in [-0.2, 0) is 6.54 Å². The van der Waals surface area contributed by atoms with Gasteiger partial charge < -0.3 is 19.9 Å². The number of pyridine rings is 1. The van der Waals surface area contributed by atoms with E-state index in [1.165, 1.54) is 25.9 Å². The summed E-state index contributed by atoms with van der Waals surface area (Å²) in [6.45, 7) is 9.89. The average molecular weight is 556 g/mol. The first-order chi connectivity index (χ1) is 19.6. The van der Waals surface area contributed by atoms with E-state index in [1.807, 2.05) is 6.07 Å². The lowest BCUT2D eigenvalue weighted by Gasteiger charge is -2.38. The molecule has 2 saturated heterocycles. The Labute approximate surface area is 243 Å². The molecule has 1 aromatic carbocycles. The normalized spacial score (nSPS) is 24.2. The van der Waals surface area contributed by atoms with E-state index in [9.17, 15) is 0 Å². The molecule has 0 bridgehead atoms. The second-order valence-corrected chi connectivity index (χ2v) is 12.0. The van der Waals surface area contributed by atoms with E-state index in [0.29, 0.717) is 22.5 Å². The SMILES string of the molecule is C=C1c2ccc(C#CC3CCN(C4CCNCC4)CC3)nc2CN1C1CCC(Oc2ccc(C#N)c(Cl)c2)CC1. The van der Waals surface area contributed by atoms with Crippen LogP contribution >= 0.6 is 11.6 Å². The molecule has 2 aromatic rings. The molecule has 6 nitrogen and oxygen atoms in total. The smallest absolute Gasteiger partial charge is 0.121 e. The Bertz CT molecular complexity index is 1330. The monoisotopic (exact) mass is 555 g/mol. The molecule has 208 valence electrons. The number of benzene rings is 1. The molecular weight excluding hydrogens is 518 g/mol. The van der Waals surface area contributed by atoms with Gasteiger partial charge in [-0.2, -0.15) is 5.26 Å². The van der Waals surface area contributed by atoms with Gasteiger partial charge in [0.15, 0.2) is 0 Å². The first-order valence-corrected chi connectivity index (χ1v) is 15.2. The number of aromatic nitrogens is 1. The molecule has 6 rings (SSSR count). The zero-order chi connectivity index (χ0) is 27.5. The van der Waals surface area contributed by atoms with Crippen molar-refractivity contribution >= 4 is 17.3 Å². The maximum atomic E-state index is 9.09. The number of hydrogen-bond acceptors (Lipinski definition) is 6. The zero-order valence-corrected chi connectivity index (χ0v) is 23.9. The summed E-state index contributed by atoms with van der Waals surface area (Å²) in [7, 11) is 0. The molecule has 0 atom stereocenters. The van der Waals surface area contributed by atoms with E-state index >= 15 is 0 Å². The van der Waals surface area contributed by atoms with Crippen molar-refractivity contribution in [2.75, 3.05) is 26.2 Å². The van der Waals surface area contributed by atoms with Gasteiger partial charge >= 0.3 is 0 Å². The number of hydrogen-bond donors (Lipinski definition) is 1. The molecule has 1 N–H and O–H groups in total. The lowest BCUT2D eigenvalue weighted by molar-refractivity contribution is 0.113. The Morgan fingerprint density at radius 3 is 2.48 bits per heavy atom. The Morgan fingerprint density at radius 2 is 1.75 bits per heavy atom. The van der Waals surface area contributed by atoms with Gasteiger partial charge in [-0.3, -0.25) is 0 Å². The molecule has 40 heavy (non-hydrogen) atoms. The van der Waals surface area contributed by atoms with Gasteiger partial charge in [0.05, 0.1) is 28.9 Å². The van der Waals surface area contributed by atoms with E-state index in [1.54, 1.807) is 12.1 Å². The van der Waals surface area contributed by atoms with E-state index in [0.717, 1.165) is 92.6 Å². The molecular formula is C33H38ClN5O. The summed E-state index contributed by atoms with van der Waals surface area (Å²) in [6, 6.07) is 12.8. The molecule has 4 heterocycles. The number of nitrogens with zero attached hydrogens (tertiary/aromatic N) is 4. The van der Waals surface area contributed by atoms with Gasteiger partial charge in [-0.15, -0.1) is 0 Å². The van der Waals surface area contributed by atoms with Gasteiger partial charge in [0.25, 0.3) is 0 Å². The molecule has 4 aliphatic rings. The Kier molecular flexibility index (Phi) is 8.30. The molecule has 0 spiro atoms. The molecule has 0 amide bonds. The van der Waals surface area contributed by atoms with Gasteiger partial charge in [-0.1, -0.05) is 24.1 Å². The van der Waals surface area contributed by atoms with Crippen molar-refractivity contribution in [3.8, 4) is 23.7 Å². The number of piperidine rings is 2. The second-order valence-electron chi connectivity index (χ2n) is 11.6. The van der Waals surface area contributed by atoms with Crippen LogP contribution < -0.4 is 10.1 Å². The quantitative estimate of drug-likeness (QED) is 0.496. The molecule has 1 saturated carbocycles. The third kappa shape index (κ3) is 6.01. The van der Waals surface area contributed by atoms with Crippen LogP contribution in [0, 0.1) is 29.1 Å². The van der Waals surface area contributed by atoms with Crippen molar-refractivity contribution in [3.63, 3.8) is 0 Å². The summed E-state index contributed by atoms with van der Waals surface area (Å²) in [5.74, 6) is 8.16. The van der Waals surface area contributed by atoms with Crippen molar-refractivity contribution in [1.82, 2.24) is 20.1 Å². The lowest BCUT2D eigenvalue weighted by Crippen LogP contribution is -2.46. The predicted octanol–water partition coefficient (Wildman–Crippen LogP) is 5.60. The van der Waals surface area contributed by atoms with Gasteiger partial charge in [0.1, 0.15) is 17.5 Å². The second kappa shape index (κ2) is 12.2. The van der Waals surface area contributed by atoms with E-state index in [-0.39, 0.29) is 6.10 Å². The standard InChI is InChI=1S/C33H38ClN5O/c1-23-31-11-5-26(4-2-24-14-18-38(19-15-24)27-12-16-36-17-13-27)37-33(31)22-39(23)28-6-9-29(10-7-28)40-30-8-3-25(21-35)32(34)20-30/h3,5,8,11,20,24,27-29,36H,1,6-7,9-10,12-19,22H2. The zero-order valence-electron chi connectivity index (χ0n) is 23.2. The maximum absolute atomic E-state index is 9.09. The lowest BCUT2D eigenvalue weighted by atomic mass is 9.91. The summed E-state index contributed by atoms with van der Waals surface area (Å²) in [5.41, 5.74) is 4.69. The fraction of sp³-hybridized carbons (Fsp3) is 0.515. The Hall–Kier alpha value is -3.03. The highest BCUT2D eigenvalue weighted by molar-refractivity contribution is 6.31. The van der Waals surface area contributed by atoms with E-state index in [4.69, 9.17) is 26.6 Å².